The third kappa shape index (κ3) is 3.19. The van der Waals surface area contributed by atoms with E-state index >= 15 is 0 Å². The third-order valence-corrected chi connectivity index (χ3v) is 3.74. The van der Waals surface area contributed by atoms with Crippen LogP contribution in [0.15, 0.2) is 0 Å². The number of hydrogen-bond donors (Lipinski definition) is 1. The number of rotatable bonds is 3. The van der Waals surface area contributed by atoms with Gasteiger partial charge in [-0.25, -0.2) is 8.42 Å². The molecule has 0 saturated heterocycles. The minimum Gasteiger partial charge on any atom is -0.211 e. The second kappa shape index (κ2) is 4.61. The van der Waals surface area contributed by atoms with Gasteiger partial charge in [-0.3, -0.25) is 0 Å². The van der Waals surface area contributed by atoms with Gasteiger partial charge in [0.15, 0.2) is 5.75 Å². The van der Waals surface area contributed by atoms with Crippen LogP contribution in [0, 0.1) is 22.7 Å². The van der Waals surface area contributed by atoms with Crippen molar-refractivity contribution in [2.45, 2.75) is 37.6 Å². The summed E-state index contributed by atoms with van der Waals surface area (Å²) in [4.78, 5) is 0. The van der Waals surface area contributed by atoms with E-state index in [4.69, 9.17) is 10.5 Å². The van der Waals surface area contributed by atoms with Crippen molar-refractivity contribution in [2.75, 3.05) is 5.75 Å². The SMILES string of the molecule is N#CCS(=O)(=O)NC1(C#N)CCCCC1. The molecule has 0 heterocycles. The number of nitrogens with zero attached hydrogens (tertiary/aromatic N) is 2. The quantitative estimate of drug-likeness (QED) is 0.766. The molecular weight excluding hydrogens is 214 g/mol. The van der Waals surface area contributed by atoms with Gasteiger partial charge in [-0.1, -0.05) is 19.3 Å². The highest BCUT2D eigenvalue weighted by Crippen LogP contribution is 2.28. The van der Waals surface area contributed by atoms with Gasteiger partial charge in [0.05, 0.1) is 12.1 Å². The summed E-state index contributed by atoms with van der Waals surface area (Å²) in [6.45, 7) is 0. The molecule has 0 radical (unpaired) electrons. The molecule has 0 atom stereocenters. The fourth-order valence-corrected chi connectivity index (χ4v) is 2.90. The predicted molar refractivity (Wildman–Crippen MR) is 54.0 cm³/mol. The van der Waals surface area contributed by atoms with Crippen molar-refractivity contribution in [3.8, 4) is 12.1 Å². The van der Waals surface area contributed by atoms with Gasteiger partial charge in [-0.2, -0.15) is 15.2 Å². The summed E-state index contributed by atoms with van der Waals surface area (Å²) in [5.74, 6) is -0.587. The predicted octanol–water partition coefficient (Wildman–Crippen LogP) is 0.656. The molecule has 1 aliphatic carbocycles. The molecule has 0 amide bonds. The Labute approximate surface area is 89.7 Å². The molecule has 82 valence electrons. The average Bonchev–Trinajstić information content (AvgIpc) is 2.18. The molecular formula is C9H13N3O2S. The molecule has 15 heavy (non-hydrogen) atoms. The summed E-state index contributed by atoms with van der Waals surface area (Å²) in [6.07, 6.45) is 3.80. The van der Waals surface area contributed by atoms with Gasteiger partial charge in [0.25, 0.3) is 0 Å². The van der Waals surface area contributed by atoms with E-state index in [1.807, 2.05) is 6.07 Å². The highest BCUT2D eigenvalue weighted by molar-refractivity contribution is 7.89. The number of nitrogens with one attached hydrogen (secondary N) is 1. The lowest BCUT2D eigenvalue weighted by atomic mass is 9.84. The van der Waals surface area contributed by atoms with E-state index in [2.05, 4.69) is 4.72 Å². The Morgan fingerprint density at radius 1 is 1.20 bits per heavy atom. The number of sulfonamides is 1. The third-order valence-electron chi connectivity index (χ3n) is 2.53. The van der Waals surface area contributed by atoms with Crippen molar-refractivity contribution < 1.29 is 8.42 Å². The van der Waals surface area contributed by atoms with E-state index in [1.54, 1.807) is 6.07 Å². The van der Waals surface area contributed by atoms with Crippen molar-refractivity contribution in [1.82, 2.24) is 4.72 Å². The highest BCUT2D eigenvalue weighted by Gasteiger charge is 2.35. The Morgan fingerprint density at radius 2 is 1.80 bits per heavy atom. The molecule has 0 aromatic heterocycles. The fourth-order valence-electron chi connectivity index (χ4n) is 1.81. The first kappa shape index (κ1) is 12.0. The molecule has 0 aliphatic heterocycles. The first-order valence-electron chi connectivity index (χ1n) is 4.83. The van der Waals surface area contributed by atoms with Crippen LogP contribution in [0.5, 0.6) is 0 Å². The summed E-state index contributed by atoms with van der Waals surface area (Å²) in [6, 6.07) is 3.61. The minimum atomic E-state index is -3.64. The largest absolute Gasteiger partial charge is 0.226 e. The van der Waals surface area contributed by atoms with Crippen molar-refractivity contribution >= 4 is 10.0 Å². The van der Waals surface area contributed by atoms with Gasteiger partial charge < -0.3 is 0 Å². The van der Waals surface area contributed by atoms with Crippen molar-refractivity contribution in [3.63, 3.8) is 0 Å². The smallest absolute Gasteiger partial charge is 0.211 e. The monoisotopic (exact) mass is 227 g/mol. The minimum absolute atomic E-state index is 0.536. The van der Waals surface area contributed by atoms with Gasteiger partial charge in [0, 0.05) is 0 Å². The molecule has 0 aromatic rings. The lowest BCUT2D eigenvalue weighted by Crippen LogP contribution is -2.49. The topological polar surface area (TPSA) is 93.8 Å². The second-order valence-electron chi connectivity index (χ2n) is 3.77. The van der Waals surface area contributed by atoms with Gasteiger partial charge in [-0.15, -0.1) is 0 Å². The van der Waals surface area contributed by atoms with Gasteiger partial charge in [0.2, 0.25) is 10.0 Å². The van der Waals surface area contributed by atoms with Crippen LogP contribution in [0.2, 0.25) is 0 Å². The first-order chi connectivity index (χ1) is 7.04. The average molecular weight is 227 g/mol. The summed E-state index contributed by atoms with van der Waals surface area (Å²) in [5.41, 5.74) is -0.978. The molecule has 0 bridgehead atoms. The Bertz CT molecular complexity index is 396. The van der Waals surface area contributed by atoms with Gasteiger partial charge in [0.1, 0.15) is 5.54 Å². The molecule has 1 rings (SSSR count). The summed E-state index contributed by atoms with van der Waals surface area (Å²) in [7, 11) is -3.64. The van der Waals surface area contributed by atoms with Crippen molar-refractivity contribution in [2.24, 2.45) is 0 Å². The van der Waals surface area contributed by atoms with Crippen LogP contribution in [0.4, 0.5) is 0 Å². The Balaban J connectivity index is 2.78. The zero-order chi connectivity index (χ0) is 11.4. The molecule has 6 heteroatoms. The van der Waals surface area contributed by atoms with E-state index in [-0.39, 0.29) is 0 Å². The zero-order valence-electron chi connectivity index (χ0n) is 8.36. The molecule has 0 spiro atoms. The Kier molecular flexibility index (Phi) is 3.67. The maximum Gasteiger partial charge on any atom is 0.226 e. The van der Waals surface area contributed by atoms with Gasteiger partial charge in [-0.05, 0) is 12.8 Å². The molecule has 5 nitrogen and oxygen atoms in total. The standard InChI is InChI=1S/C9H13N3O2S/c10-6-7-15(13,14)12-9(8-11)4-2-1-3-5-9/h12H,1-5,7H2. The van der Waals surface area contributed by atoms with E-state index in [0.717, 1.165) is 19.3 Å². The molecule has 1 aliphatic rings. The van der Waals surface area contributed by atoms with Crippen LogP contribution in [-0.2, 0) is 10.0 Å². The second-order valence-corrected chi connectivity index (χ2v) is 5.50. The van der Waals surface area contributed by atoms with E-state index in [1.165, 1.54) is 0 Å². The molecule has 1 saturated carbocycles. The van der Waals surface area contributed by atoms with E-state index in [0.29, 0.717) is 12.8 Å². The summed E-state index contributed by atoms with van der Waals surface area (Å²) < 4.78 is 25.1. The molecule has 0 unspecified atom stereocenters. The molecule has 0 aromatic carbocycles. The van der Waals surface area contributed by atoms with Crippen LogP contribution in [-0.4, -0.2) is 19.7 Å². The summed E-state index contributed by atoms with van der Waals surface area (Å²) >= 11 is 0. The normalized spacial score (nSPS) is 20.1. The van der Waals surface area contributed by atoms with E-state index < -0.39 is 21.3 Å². The first-order valence-corrected chi connectivity index (χ1v) is 6.49. The Morgan fingerprint density at radius 3 is 2.27 bits per heavy atom. The van der Waals surface area contributed by atoms with E-state index in [9.17, 15) is 8.42 Å². The molecule has 1 fully saturated rings. The lowest BCUT2D eigenvalue weighted by molar-refractivity contribution is 0.338. The van der Waals surface area contributed by atoms with Crippen molar-refractivity contribution in [1.29, 1.82) is 10.5 Å². The molecule has 1 N–H and O–H groups in total. The fraction of sp³-hybridized carbons (Fsp3) is 0.778. The van der Waals surface area contributed by atoms with Crippen LogP contribution in [0.3, 0.4) is 0 Å². The van der Waals surface area contributed by atoms with Crippen molar-refractivity contribution in [3.05, 3.63) is 0 Å². The maximum atomic E-state index is 11.4. The van der Waals surface area contributed by atoms with Crippen LogP contribution >= 0.6 is 0 Å². The van der Waals surface area contributed by atoms with Crippen LogP contribution in [0.1, 0.15) is 32.1 Å². The number of hydrogen-bond acceptors (Lipinski definition) is 4. The van der Waals surface area contributed by atoms with Crippen LogP contribution in [0.25, 0.3) is 0 Å². The Hall–Kier alpha value is -1.11. The summed E-state index contributed by atoms with van der Waals surface area (Å²) in [5, 5.41) is 17.3. The maximum absolute atomic E-state index is 11.4. The number of nitriles is 2. The highest BCUT2D eigenvalue weighted by atomic mass is 32.2. The lowest BCUT2D eigenvalue weighted by Gasteiger charge is -2.30. The zero-order valence-corrected chi connectivity index (χ0v) is 9.18. The van der Waals surface area contributed by atoms with Crippen LogP contribution < -0.4 is 4.72 Å². The van der Waals surface area contributed by atoms with Gasteiger partial charge >= 0.3 is 0 Å².